The Labute approximate surface area is 127 Å². The van der Waals surface area contributed by atoms with Crippen molar-refractivity contribution in [2.45, 2.75) is 12.5 Å². The number of aliphatic carboxylic acids is 1. The van der Waals surface area contributed by atoms with Gasteiger partial charge in [0.25, 0.3) is 5.91 Å². The minimum absolute atomic E-state index is 0.116. The molecule has 2 rings (SSSR count). The van der Waals surface area contributed by atoms with Crippen molar-refractivity contribution in [1.29, 1.82) is 0 Å². The van der Waals surface area contributed by atoms with Gasteiger partial charge in [-0.3, -0.25) is 9.59 Å². The minimum atomic E-state index is -0.943. The van der Waals surface area contributed by atoms with Crippen molar-refractivity contribution in [1.82, 2.24) is 4.90 Å². The molecule has 0 aliphatic carbocycles. The topological polar surface area (TPSA) is 76.1 Å². The van der Waals surface area contributed by atoms with Gasteiger partial charge in [-0.25, -0.2) is 0 Å². The van der Waals surface area contributed by atoms with Crippen LogP contribution in [0.15, 0.2) is 24.3 Å². The molecule has 1 N–H and O–H groups in total. The Balaban J connectivity index is 1.85. The number of para-hydroxylation sites is 1. The number of hydrogen-bond acceptors (Lipinski definition) is 4. The molecule has 1 aliphatic rings. The number of carbonyl (C=O) groups is 2. The van der Waals surface area contributed by atoms with E-state index in [-0.39, 0.29) is 25.5 Å². The van der Waals surface area contributed by atoms with Crippen LogP contribution in [0.25, 0.3) is 0 Å². The van der Waals surface area contributed by atoms with E-state index < -0.39 is 12.1 Å². The van der Waals surface area contributed by atoms with Gasteiger partial charge in [0.1, 0.15) is 5.75 Å². The second-order valence-corrected chi connectivity index (χ2v) is 5.06. The summed E-state index contributed by atoms with van der Waals surface area (Å²) in [5.74, 6) is -0.710. The van der Waals surface area contributed by atoms with Crippen LogP contribution in [-0.2, 0) is 14.3 Å². The molecule has 1 aromatic carbocycles. The maximum atomic E-state index is 12.1. The maximum absolute atomic E-state index is 12.1. The van der Waals surface area contributed by atoms with Gasteiger partial charge >= 0.3 is 5.97 Å². The van der Waals surface area contributed by atoms with Crippen molar-refractivity contribution in [3.05, 3.63) is 29.3 Å². The molecule has 1 aromatic rings. The summed E-state index contributed by atoms with van der Waals surface area (Å²) in [5.41, 5.74) is 0. The molecule has 0 aromatic heterocycles. The molecule has 1 unspecified atom stereocenters. The van der Waals surface area contributed by atoms with Crippen molar-refractivity contribution in [2.75, 3.05) is 26.3 Å². The fraction of sp³-hybridized carbons (Fsp3) is 0.429. The smallest absolute Gasteiger partial charge is 0.306 e. The van der Waals surface area contributed by atoms with Crippen LogP contribution in [0.2, 0.25) is 5.02 Å². The lowest BCUT2D eigenvalue weighted by Crippen LogP contribution is -2.47. The van der Waals surface area contributed by atoms with Gasteiger partial charge in [0.05, 0.1) is 24.2 Å². The first-order valence-corrected chi connectivity index (χ1v) is 6.92. The van der Waals surface area contributed by atoms with Crippen LogP contribution in [0.4, 0.5) is 0 Å². The lowest BCUT2D eigenvalue weighted by molar-refractivity contribution is -0.148. The number of benzene rings is 1. The lowest BCUT2D eigenvalue weighted by Gasteiger charge is -2.32. The molecular weight excluding hydrogens is 298 g/mol. The summed E-state index contributed by atoms with van der Waals surface area (Å²) in [7, 11) is 0. The molecule has 1 heterocycles. The number of carboxylic acids is 1. The highest BCUT2D eigenvalue weighted by Crippen LogP contribution is 2.23. The van der Waals surface area contributed by atoms with Gasteiger partial charge in [0.15, 0.2) is 6.61 Å². The molecule has 114 valence electrons. The quantitative estimate of drug-likeness (QED) is 0.889. The molecule has 0 saturated carbocycles. The molecule has 1 aliphatic heterocycles. The summed E-state index contributed by atoms with van der Waals surface area (Å²) in [6, 6.07) is 6.90. The Kier molecular flexibility index (Phi) is 5.41. The standard InChI is InChI=1S/C14H16ClNO5/c15-11-3-1-2-4-12(11)21-9-13(17)16-5-6-20-10(8-16)7-14(18)19/h1-4,10H,5-9H2,(H,18,19). The molecule has 0 spiro atoms. The second-order valence-electron chi connectivity index (χ2n) is 4.65. The Hall–Kier alpha value is -1.79. The molecule has 7 heteroatoms. The van der Waals surface area contributed by atoms with Gasteiger partial charge in [-0.05, 0) is 12.1 Å². The third kappa shape index (κ3) is 4.61. The highest BCUT2D eigenvalue weighted by Gasteiger charge is 2.26. The Morgan fingerprint density at radius 3 is 2.90 bits per heavy atom. The SMILES string of the molecule is O=C(O)CC1CN(C(=O)COc2ccccc2Cl)CCO1. The predicted octanol–water partition coefficient (Wildman–Crippen LogP) is 1.42. The van der Waals surface area contributed by atoms with Crippen LogP contribution in [0.3, 0.4) is 0 Å². The number of carboxylic acid groups (broad SMARTS) is 1. The van der Waals surface area contributed by atoms with Gasteiger partial charge in [-0.1, -0.05) is 23.7 Å². The van der Waals surface area contributed by atoms with Crippen molar-refractivity contribution in [2.24, 2.45) is 0 Å². The molecule has 21 heavy (non-hydrogen) atoms. The summed E-state index contributed by atoms with van der Waals surface area (Å²) >= 11 is 5.94. The highest BCUT2D eigenvalue weighted by atomic mass is 35.5. The van der Waals surface area contributed by atoms with Crippen molar-refractivity contribution < 1.29 is 24.2 Å². The third-order valence-electron chi connectivity index (χ3n) is 3.08. The fourth-order valence-corrected chi connectivity index (χ4v) is 2.25. The highest BCUT2D eigenvalue weighted by molar-refractivity contribution is 6.32. The molecule has 0 radical (unpaired) electrons. The zero-order valence-electron chi connectivity index (χ0n) is 11.3. The van der Waals surface area contributed by atoms with Gasteiger partial charge in [0, 0.05) is 13.1 Å². The molecule has 0 bridgehead atoms. The van der Waals surface area contributed by atoms with Crippen LogP contribution in [-0.4, -0.2) is 54.3 Å². The number of ether oxygens (including phenoxy) is 2. The van der Waals surface area contributed by atoms with Crippen molar-refractivity contribution >= 4 is 23.5 Å². The number of morpholine rings is 1. The number of nitrogens with zero attached hydrogens (tertiary/aromatic N) is 1. The summed E-state index contributed by atoms with van der Waals surface area (Å²) in [6.45, 7) is 0.886. The first-order chi connectivity index (χ1) is 10.1. The lowest BCUT2D eigenvalue weighted by atomic mass is 10.2. The van der Waals surface area contributed by atoms with E-state index in [0.717, 1.165) is 0 Å². The number of amides is 1. The van der Waals surface area contributed by atoms with E-state index in [2.05, 4.69) is 0 Å². The van der Waals surface area contributed by atoms with Crippen LogP contribution in [0, 0.1) is 0 Å². The molecule has 1 atom stereocenters. The van der Waals surface area contributed by atoms with E-state index >= 15 is 0 Å². The number of hydrogen-bond donors (Lipinski definition) is 1. The Morgan fingerprint density at radius 2 is 2.19 bits per heavy atom. The van der Waals surface area contributed by atoms with E-state index in [1.54, 1.807) is 29.2 Å². The summed E-state index contributed by atoms with van der Waals surface area (Å²) in [6.07, 6.45) is -0.588. The average molecular weight is 314 g/mol. The fourth-order valence-electron chi connectivity index (χ4n) is 2.06. The van der Waals surface area contributed by atoms with Gasteiger partial charge in [-0.15, -0.1) is 0 Å². The molecule has 6 nitrogen and oxygen atoms in total. The average Bonchev–Trinajstić information content (AvgIpc) is 2.45. The predicted molar refractivity (Wildman–Crippen MR) is 75.5 cm³/mol. The maximum Gasteiger partial charge on any atom is 0.306 e. The van der Waals surface area contributed by atoms with Crippen LogP contribution >= 0.6 is 11.6 Å². The third-order valence-corrected chi connectivity index (χ3v) is 3.39. The van der Waals surface area contributed by atoms with E-state index in [0.29, 0.717) is 23.9 Å². The van der Waals surface area contributed by atoms with Gasteiger partial charge in [0.2, 0.25) is 0 Å². The number of carbonyl (C=O) groups excluding carboxylic acids is 1. The monoisotopic (exact) mass is 313 g/mol. The summed E-state index contributed by atoms with van der Waals surface area (Å²) in [5, 5.41) is 9.19. The molecular formula is C14H16ClNO5. The first-order valence-electron chi connectivity index (χ1n) is 6.55. The molecule has 1 amide bonds. The van der Waals surface area contributed by atoms with Crippen LogP contribution in [0.5, 0.6) is 5.75 Å². The number of rotatable bonds is 5. The zero-order chi connectivity index (χ0) is 15.2. The van der Waals surface area contributed by atoms with Crippen molar-refractivity contribution in [3.8, 4) is 5.75 Å². The van der Waals surface area contributed by atoms with Crippen LogP contribution in [0.1, 0.15) is 6.42 Å². The van der Waals surface area contributed by atoms with E-state index in [1.807, 2.05) is 0 Å². The zero-order valence-corrected chi connectivity index (χ0v) is 12.1. The summed E-state index contributed by atoms with van der Waals surface area (Å²) < 4.78 is 10.7. The Bertz CT molecular complexity index is 522. The van der Waals surface area contributed by atoms with E-state index in [4.69, 9.17) is 26.2 Å². The van der Waals surface area contributed by atoms with Gasteiger partial charge in [-0.2, -0.15) is 0 Å². The minimum Gasteiger partial charge on any atom is -0.482 e. The van der Waals surface area contributed by atoms with E-state index in [9.17, 15) is 9.59 Å². The molecule has 1 fully saturated rings. The largest absolute Gasteiger partial charge is 0.482 e. The number of halogens is 1. The first kappa shape index (κ1) is 15.6. The van der Waals surface area contributed by atoms with Gasteiger partial charge < -0.3 is 19.5 Å². The van der Waals surface area contributed by atoms with Crippen LogP contribution < -0.4 is 4.74 Å². The Morgan fingerprint density at radius 1 is 1.43 bits per heavy atom. The molecule has 1 saturated heterocycles. The van der Waals surface area contributed by atoms with E-state index in [1.165, 1.54) is 0 Å². The van der Waals surface area contributed by atoms with Crippen molar-refractivity contribution in [3.63, 3.8) is 0 Å². The summed E-state index contributed by atoms with van der Waals surface area (Å²) in [4.78, 5) is 24.3. The normalized spacial score (nSPS) is 18.3. The second kappa shape index (κ2) is 7.28.